The highest BCUT2D eigenvalue weighted by atomic mass is 31.2. The molecule has 0 rings (SSSR count). The Bertz CT molecular complexity index is 74.9. The SMILES string of the molecule is O=P(O)(F)O[SiH3]. The lowest BCUT2D eigenvalue weighted by Crippen LogP contribution is -1.72. The summed E-state index contributed by atoms with van der Waals surface area (Å²) >= 11 is 0. The quantitative estimate of drug-likeness (QED) is 0.379. The summed E-state index contributed by atoms with van der Waals surface area (Å²) < 4.78 is 23.8. The van der Waals surface area contributed by atoms with Crippen LogP contribution in [0.15, 0.2) is 0 Å². The van der Waals surface area contributed by atoms with E-state index in [-0.39, 0.29) is 10.5 Å². The summed E-state index contributed by atoms with van der Waals surface area (Å²) in [6, 6.07) is 0. The van der Waals surface area contributed by atoms with E-state index in [1.165, 1.54) is 0 Å². The molecule has 0 radical (unpaired) electrons. The average Bonchev–Trinajstić information content (AvgIpc) is 1.35. The molecule has 1 N–H and O–H groups in total. The van der Waals surface area contributed by atoms with Crippen molar-refractivity contribution in [2.24, 2.45) is 0 Å². The van der Waals surface area contributed by atoms with Crippen LogP contribution in [0, 0.1) is 0 Å². The largest absolute Gasteiger partial charge is 0.499 e. The minimum atomic E-state index is -4.58. The van der Waals surface area contributed by atoms with Crippen LogP contribution in [0.1, 0.15) is 0 Å². The standard InChI is InChI=1S/FH4O3PSi/c1-5(2,3)4-6/h6H3,(H,2,3). The molecule has 0 aliphatic heterocycles. The van der Waals surface area contributed by atoms with Crippen LogP contribution < -0.4 is 0 Å². The van der Waals surface area contributed by atoms with E-state index in [4.69, 9.17) is 4.89 Å². The van der Waals surface area contributed by atoms with Crippen LogP contribution in [0.2, 0.25) is 0 Å². The normalized spacial score (nSPS) is 20.3. The van der Waals surface area contributed by atoms with Crippen molar-refractivity contribution < 1.29 is 17.9 Å². The van der Waals surface area contributed by atoms with Crippen LogP contribution in [0.25, 0.3) is 0 Å². The fourth-order valence-electron chi connectivity index (χ4n) is 0. The second-order valence-electron chi connectivity index (χ2n) is 0.634. The average molecular weight is 130 g/mol. The third-order valence-corrected chi connectivity index (χ3v) is 2.03. The molecule has 0 saturated carbocycles. The van der Waals surface area contributed by atoms with E-state index in [2.05, 4.69) is 4.21 Å². The molecule has 1 unspecified atom stereocenters. The summed E-state index contributed by atoms with van der Waals surface area (Å²) in [6.45, 7) is 0. The second-order valence-corrected chi connectivity index (χ2v) is 3.00. The zero-order chi connectivity index (χ0) is 5.21. The summed E-state index contributed by atoms with van der Waals surface area (Å²) in [5.41, 5.74) is 0. The molecule has 6 heavy (non-hydrogen) atoms. The smallest absolute Gasteiger partial charge is 0.338 e. The van der Waals surface area contributed by atoms with E-state index in [9.17, 15) is 8.76 Å². The molecule has 0 aliphatic rings. The minimum absolute atomic E-state index is 0.0401. The molecule has 0 aromatic heterocycles. The third-order valence-electron chi connectivity index (χ3n) is 0.225. The number of rotatable bonds is 1. The van der Waals surface area contributed by atoms with E-state index < -0.39 is 7.91 Å². The van der Waals surface area contributed by atoms with Gasteiger partial charge in [-0.05, 0) is 0 Å². The van der Waals surface area contributed by atoms with Crippen molar-refractivity contribution in [2.45, 2.75) is 0 Å². The summed E-state index contributed by atoms with van der Waals surface area (Å²) in [4.78, 5) is 7.53. The highest BCUT2D eigenvalue weighted by Crippen LogP contribution is 2.41. The summed E-state index contributed by atoms with van der Waals surface area (Å²) in [5.74, 6) is 0. The first-order valence-electron chi connectivity index (χ1n) is 1.14. The first kappa shape index (κ1) is 6.30. The lowest BCUT2D eigenvalue weighted by atomic mass is 15.8. The predicted octanol–water partition coefficient (Wildman–Crippen LogP) is -0.647. The van der Waals surface area contributed by atoms with Gasteiger partial charge in [-0.3, -0.25) is 4.89 Å². The van der Waals surface area contributed by atoms with Crippen molar-refractivity contribution in [3.8, 4) is 0 Å². The van der Waals surface area contributed by atoms with Crippen molar-refractivity contribution in [2.75, 3.05) is 0 Å². The van der Waals surface area contributed by atoms with Gasteiger partial charge in [0, 0.05) is 0 Å². The molecule has 0 bridgehead atoms. The van der Waals surface area contributed by atoms with Crippen LogP contribution in [-0.2, 0) is 8.78 Å². The summed E-state index contributed by atoms with van der Waals surface area (Å²) in [5, 5.41) is 0. The molecule has 0 aromatic rings. The maximum atomic E-state index is 11.0. The Balaban J connectivity index is 3.48. The number of hydrogen-bond acceptors (Lipinski definition) is 2. The molecule has 0 aromatic carbocycles. The number of halogens is 1. The Labute approximate surface area is 37.3 Å². The third kappa shape index (κ3) is 4.30. The van der Waals surface area contributed by atoms with Crippen LogP contribution >= 0.6 is 7.91 Å². The molecule has 0 fully saturated rings. The Hall–Kier alpha value is 0.297. The Morgan fingerprint density at radius 3 is 2.17 bits per heavy atom. The Morgan fingerprint density at radius 1 is 2.00 bits per heavy atom. The van der Waals surface area contributed by atoms with Gasteiger partial charge in [0.15, 0.2) is 10.5 Å². The highest BCUT2D eigenvalue weighted by molar-refractivity contribution is 7.47. The lowest BCUT2D eigenvalue weighted by molar-refractivity contribution is 0.341. The molecular weight excluding hydrogens is 126 g/mol. The first-order chi connectivity index (χ1) is 2.56. The van der Waals surface area contributed by atoms with Gasteiger partial charge in [0.05, 0.1) is 0 Å². The monoisotopic (exact) mass is 130 g/mol. The van der Waals surface area contributed by atoms with E-state index in [0.717, 1.165) is 0 Å². The van der Waals surface area contributed by atoms with Gasteiger partial charge in [-0.25, -0.2) is 4.57 Å². The molecule has 6 heteroatoms. The van der Waals surface area contributed by atoms with Gasteiger partial charge in [-0.15, -0.1) is 4.20 Å². The van der Waals surface area contributed by atoms with E-state index >= 15 is 0 Å². The lowest BCUT2D eigenvalue weighted by Gasteiger charge is -1.91. The molecule has 38 valence electrons. The Kier molecular flexibility index (Phi) is 1.93. The number of hydrogen-bond donors (Lipinski definition) is 1. The fraction of sp³-hybridized carbons (Fsp3) is 0. The molecule has 0 heterocycles. The van der Waals surface area contributed by atoms with E-state index in [1.807, 2.05) is 0 Å². The van der Waals surface area contributed by atoms with Crippen LogP contribution in [-0.4, -0.2) is 15.4 Å². The minimum Gasteiger partial charge on any atom is -0.338 e. The van der Waals surface area contributed by atoms with Gasteiger partial charge < -0.3 is 4.21 Å². The molecule has 1 atom stereocenters. The van der Waals surface area contributed by atoms with Crippen LogP contribution in [0.5, 0.6) is 0 Å². The molecule has 3 nitrogen and oxygen atoms in total. The van der Waals surface area contributed by atoms with E-state index in [1.54, 1.807) is 0 Å². The summed E-state index contributed by atoms with van der Waals surface area (Å²) in [6.07, 6.45) is 0. The van der Waals surface area contributed by atoms with Gasteiger partial charge in [0.25, 0.3) is 0 Å². The fourth-order valence-corrected chi connectivity index (χ4v) is 0. The van der Waals surface area contributed by atoms with Crippen molar-refractivity contribution in [1.29, 1.82) is 0 Å². The van der Waals surface area contributed by atoms with Crippen LogP contribution in [0.4, 0.5) is 4.20 Å². The van der Waals surface area contributed by atoms with Crippen molar-refractivity contribution >= 4 is 18.4 Å². The van der Waals surface area contributed by atoms with Gasteiger partial charge in [0.1, 0.15) is 0 Å². The molecule has 0 spiro atoms. The van der Waals surface area contributed by atoms with Gasteiger partial charge in [-0.2, -0.15) is 0 Å². The maximum absolute atomic E-state index is 11.0. The maximum Gasteiger partial charge on any atom is 0.499 e. The Morgan fingerprint density at radius 2 is 2.17 bits per heavy atom. The predicted molar refractivity (Wildman–Crippen MR) is 22.0 cm³/mol. The zero-order valence-electron chi connectivity index (χ0n) is 3.09. The zero-order valence-corrected chi connectivity index (χ0v) is 5.98. The van der Waals surface area contributed by atoms with Gasteiger partial charge >= 0.3 is 7.91 Å². The van der Waals surface area contributed by atoms with Crippen LogP contribution in [0.3, 0.4) is 0 Å². The summed E-state index contributed by atoms with van der Waals surface area (Å²) in [7, 11) is -4.62. The highest BCUT2D eigenvalue weighted by Gasteiger charge is 2.10. The molecule has 0 saturated heterocycles. The molecular formula is H4FO3PSi. The van der Waals surface area contributed by atoms with Gasteiger partial charge in [0.2, 0.25) is 0 Å². The second kappa shape index (κ2) is 1.84. The van der Waals surface area contributed by atoms with Gasteiger partial charge in [-0.1, -0.05) is 0 Å². The van der Waals surface area contributed by atoms with Crippen molar-refractivity contribution in [1.82, 2.24) is 0 Å². The van der Waals surface area contributed by atoms with E-state index in [0.29, 0.717) is 0 Å². The topological polar surface area (TPSA) is 46.5 Å². The van der Waals surface area contributed by atoms with Crippen molar-refractivity contribution in [3.05, 3.63) is 0 Å². The molecule has 0 aliphatic carbocycles. The van der Waals surface area contributed by atoms with Crippen molar-refractivity contribution in [3.63, 3.8) is 0 Å². The molecule has 0 amide bonds. The first-order valence-corrected chi connectivity index (χ1v) is 3.43.